The third-order valence-corrected chi connectivity index (χ3v) is 4.67. The smallest absolute Gasteiger partial charge is 0.347 e. The van der Waals surface area contributed by atoms with E-state index in [1.807, 2.05) is 0 Å². The molecule has 1 heterocycles. The van der Waals surface area contributed by atoms with E-state index in [1.165, 1.54) is 49.2 Å². The van der Waals surface area contributed by atoms with E-state index in [4.69, 9.17) is 14.6 Å². The minimum absolute atomic E-state index is 0.00760. The molecule has 31 heavy (non-hydrogen) atoms. The molecule has 0 radical (unpaired) electrons. The van der Waals surface area contributed by atoms with Gasteiger partial charge in [-0.05, 0) is 57.0 Å². The zero-order chi connectivity index (χ0) is 22.4. The first-order chi connectivity index (χ1) is 14.7. The Morgan fingerprint density at radius 3 is 2.39 bits per heavy atom. The first kappa shape index (κ1) is 22.0. The first-order valence-electron chi connectivity index (χ1n) is 9.87. The molecule has 162 valence electrons. The summed E-state index contributed by atoms with van der Waals surface area (Å²) in [4.78, 5) is 23.4. The van der Waals surface area contributed by atoms with Crippen molar-refractivity contribution in [2.75, 3.05) is 0 Å². The largest absolute Gasteiger partial charge is 0.478 e. The monoisotopic (exact) mass is 423 g/mol. The number of carboxylic acids is 1. The quantitative estimate of drug-likeness (QED) is 0.526. The van der Waals surface area contributed by atoms with Crippen molar-refractivity contribution < 1.29 is 24.2 Å². The standard InChI is InChI=1S/C23H25N3O5/c1-16-4-6-17(7-5-16)12-13-26-14-19(24-25-26)15-30-21(27)18-8-10-20(11-9-18)31-23(2,3)22(28)29/h4-11,14H,12-13,15H2,1-3H3,(H,28,29). The molecule has 0 unspecified atom stereocenters. The molecule has 0 bridgehead atoms. The summed E-state index contributed by atoms with van der Waals surface area (Å²) >= 11 is 0. The topological polar surface area (TPSA) is 104 Å². The number of aryl methyl sites for hydroxylation is 3. The lowest BCUT2D eigenvalue weighted by Gasteiger charge is -2.21. The summed E-state index contributed by atoms with van der Waals surface area (Å²) in [6.45, 7) is 5.64. The lowest BCUT2D eigenvalue weighted by Crippen LogP contribution is -2.37. The highest BCUT2D eigenvalue weighted by molar-refractivity contribution is 5.89. The molecule has 0 saturated carbocycles. The number of benzene rings is 2. The summed E-state index contributed by atoms with van der Waals surface area (Å²) in [6, 6.07) is 14.4. The van der Waals surface area contributed by atoms with Crippen molar-refractivity contribution in [3.8, 4) is 5.75 Å². The number of hydrogen-bond acceptors (Lipinski definition) is 6. The SMILES string of the molecule is Cc1ccc(CCn2cc(COC(=O)c3ccc(OC(C)(C)C(=O)O)cc3)nn2)cc1. The van der Waals surface area contributed by atoms with Crippen molar-refractivity contribution in [1.29, 1.82) is 0 Å². The Balaban J connectivity index is 1.49. The van der Waals surface area contributed by atoms with Gasteiger partial charge in [-0.2, -0.15) is 0 Å². The highest BCUT2D eigenvalue weighted by atomic mass is 16.5. The van der Waals surface area contributed by atoms with E-state index in [1.54, 1.807) is 10.9 Å². The average Bonchev–Trinajstić information content (AvgIpc) is 3.19. The molecule has 2 aromatic carbocycles. The van der Waals surface area contributed by atoms with Gasteiger partial charge in [-0.1, -0.05) is 35.0 Å². The fraction of sp³-hybridized carbons (Fsp3) is 0.304. The third kappa shape index (κ3) is 6.15. The van der Waals surface area contributed by atoms with Gasteiger partial charge in [0.15, 0.2) is 5.60 Å². The Labute approximate surface area is 180 Å². The molecule has 1 N–H and O–H groups in total. The molecule has 0 aliphatic rings. The molecular weight excluding hydrogens is 398 g/mol. The van der Waals surface area contributed by atoms with Gasteiger partial charge in [0.1, 0.15) is 18.1 Å². The fourth-order valence-corrected chi connectivity index (χ4v) is 2.73. The van der Waals surface area contributed by atoms with E-state index >= 15 is 0 Å². The number of carboxylic acid groups (broad SMARTS) is 1. The van der Waals surface area contributed by atoms with Gasteiger partial charge in [0.25, 0.3) is 0 Å². The Morgan fingerprint density at radius 1 is 1.06 bits per heavy atom. The van der Waals surface area contributed by atoms with E-state index in [2.05, 4.69) is 41.5 Å². The summed E-state index contributed by atoms with van der Waals surface area (Å²) < 4.78 is 12.4. The zero-order valence-electron chi connectivity index (χ0n) is 17.7. The van der Waals surface area contributed by atoms with E-state index < -0.39 is 17.5 Å². The van der Waals surface area contributed by atoms with Gasteiger partial charge in [0, 0.05) is 6.54 Å². The van der Waals surface area contributed by atoms with Crippen LogP contribution in [-0.4, -0.2) is 37.6 Å². The van der Waals surface area contributed by atoms with Crippen LogP contribution in [0.5, 0.6) is 5.75 Å². The van der Waals surface area contributed by atoms with Crippen molar-refractivity contribution in [1.82, 2.24) is 15.0 Å². The summed E-state index contributed by atoms with van der Waals surface area (Å²) in [5.74, 6) is -1.25. The molecule has 0 saturated heterocycles. The van der Waals surface area contributed by atoms with Crippen LogP contribution in [0.3, 0.4) is 0 Å². The fourth-order valence-electron chi connectivity index (χ4n) is 2.73. The Hall–Kier alpha value is -3.68. The molecular formula is C23H25N3O5. The molecule has 1 aromatic heterocycles. The van der Waals surface area contributed by atoms with E-state index in [0.29, 0.717) is 23.6 Å². The second kappa shape index (κ2) is 9.42. The van der Waals surface area contributed by atoms with Gasteiger partial charge in [-0.3, -0.25) is 4.68 Å². The molecule has 8 nitrogen and oxygen atoms in total. The van der Waals surface area contributed by atoms with Crippen molar-refractivity contribution in [2.24, 2.45) is 0 Å². The van der Waals surface area contributed by atoms with Crippen molar-refractivity contribution in [2.45, 2.75) is 45.9 Å². The normalized spacial score (nSPS) is 11.2. The van der Waals surface area contributed by atoms with Crippen molar-refractivity contribution >= 4 is 11.9 Å². The molecule has 3 aromatic rings. The minimum atomic E-state index is -1.37. The Kier molecular flexibility index (Phi) is 6.69. The summed E-state index contributed by atoms with van der Waals surface area (Å²) in [5.41, 5.74) is 1.95. The number of aromatic nitrogens is 3. The zero-order valence-corrected chi connectivity index (χ0v) is 17.7. The van der Waals surface area contributed by atoms with Gasteiger partial charge < -0.3 is 14.6 Å². The maximum atomic E-state index is 12.3. The van der Waals surface area contributed by atoms with Gasteiger partial charge in [-0.15, -0.1) is 5.10 Å². The Morgan fingerprint density at radius 2 is 1.74 bits per heavy atom. The summed E-state index contributed by atoms with van der Waals surface area (Å²) in [5, 5.41) is 17.2. The van der Waals surface area contributed by atoms with E-state index in [9.17, 15) is 9.59 Å². The highest BCUT2D eigenvalue weighted by Crippen LogP contribution is 2.20. The number of hydrogen-bond donors (Lipinski definition) is 1. The Bertz CT molecular complexity index is 1040. The summed E-state index contributed by atoms with van der Waals surface area (Å²) in [7, 11) is 0. The van der Waals surface area contributed by atoms with Crippen molar-refractivity contribution in [3.63, 3.8) is 0 Å². The maximum absolute atomic E-state index is 12.3. The number of nitrogens with zero attached hydrogens (tertiary/aromatic N) is 3. The molecule has 0 aliphatic heterocycles. The number of rotatable bonds is 9. The van der Waals surface area contributed by atoms with E-state index in [-0.39, 0.29) is 6.61 Å². The maximum Gasteiger partial charge on any atom is 0.347 e. The number of carbonyl (C=O) groups excluding carboxylic acids is 1. The van der Waals surface area contributed by atoms with Crippen LogP contribution in [0.2, 0.25) is 0 Å². The van der Waals surface area contributed by atoms with Gasteiger partial charge in [0.05, 0.1) is 11.8 Å². The molecule has 0 fully saturated rings. The van der Waals surface area contributed by atoms with Crippen molar-refractivity contribution in [3.05, 3.63) is 77.1 Å². The predicted molar refractivity (Wildman–Crippen MR) is 113 cm³/mol. The second-order valence-corrected chi connectivity index (χ2v) is 7.73. The molecule has 3 rings (SSSR count). The predicted octanol–water partition coefficient (Wildman–Crippen LogP) is 3.43. The minimum Gasteiger partial charge on any atom is -0.478 e. The van der Waals surface area contributed by atoms with Crippen LogP contribution >= 0.6 is 0 Å². The van der Waals surface area contributed by atoms with E-state index in [0.717, 1.165) is 6.42 Å². The number of carbonyl (C=O) groups is 2. The van der Waals surface area contributed by atoms with Crippen LogP contribution in [0.15, 0.2) is 54.7 Å². The number of esters is 1. The third-order valence-electron chi connectivity index (χ3n) is 4.67. The number of ether oxygens (including phenoxy) is 2. The van der Waals surface area contributed by atoms with Crippen LogP contribution in [0.4, 0.5) is 0 Å². The van der Waals surface area contributed by atoms with Gasteiger partial charge in [-0.25, -0.2) is 9.59 Å². The molecule has 8 heteroatoms. The molecule has 0 spiro atoms. The molecule has 0 aliphatic carbocycles. The van der Waals surface area contributed by atoms with Crippen LogP contribution in [-0.2, 0) is 29.1 Å². The average molecular weight is 423 g/mol. The van der Waals surface area contributed by atoms with Gasteiger partial charge in [0.2, 0.25) is 0 Å². The highest BCUT2D eigenvalue weighted by Gasteiger charge is 2.29. The molecule has 0 atom stereocenters. The second-order valence-electron chi connectivity index (χ2n) is 7.73. The van der Waals surface area contributed by atoms with Crippen LogP contribution in [0.1, 0.15) is 41.0 Å². The van der Waals surface area contributed by atoms with Crippen LogP contribution in [0.25, 0.3) is 0 Å². The molecule has 0 amide bonds. The summed E-state index contributed by atoms with van der Waals surface area (Å²) in [6.07, 6.45) is 2.59. The number of aliphatic carboxylic acids is 1. The van der Waals surface area contributed by atoms with Crippen LogP contribution < -0.4 is 4.74 Å². The van der Waals surface area contributed by atoms with Gasteiger partial charge >= 0.3 is 11.9 Å². The lowest BCUT2D eigenvalue weighted by atomic mass is 10.1. The van der Waals surface area contributed by atoms with Crippen LogP contribution in [0, 0.1) is 6.92 Å². The first-order valence-corrected chi connectivity index (χ1v) is 9.87. The lowest BCUT2D eigenvalue weighted by molar-refractivity contribution is -0.152.